The number of hydrogen-bond acceptors (Lipinski definition) is 3. The molecule has 0 saturated carbocycles. The van der Waals surface area contributed by atoms with Crippen molar-refractivity contribution < 1.29 is 9.53 Å². The highest BCUT2D eigenvalue weighted by atomic mass is 127. The van der Waals surface area contributed by atoms with Gasteiger partial charge >= 0.3 is 0 Å². The second-order valence-corrected chi connectivity index (χ2v) is 5.62. The van der Waals surface area contributed by atoms with Crippen LogP contribution in [0.2, 0.25) is 0 Å². The number of benzene rings is 2. The van der Waals surface area contributed by atoms with Crippen molar-refractivity contribution >= 4 is 35.8 Å². The quantitative estimate of drug-likeness (QED) is 0.234. The molecule has 1 amide bonds. The molecule has 0 atom stereocenters. The molecule has 3 N–H and O–H groups in total. The Labute approximate surface area is 177 Å². The average molecular weight is 482 g/mol. The predicted molar refractivity (Wildman–Crippen MR) is 120 cm³/mol. The molecule has 27 heavy (non-hydrogen) atoms. The lowest BCUT2D eigenvalue weighted by atomic mass is 10.1. The monoisotopic (exact) mass is 482 g/mol. The highest BCUT2D eigenvalue weighted by Gasteiger charge is 2.04. The lowest BCUT2D eigenvalue weighted by Gasteiger charge is -2.13. The normalized spacial score (nSPS) is 10.5. The third kappa shape index (κ3) is 8.29. The van der Waals surface area contributed by atoms with Crippen molar-refractivity contribution in [2.24, 2.45) is 4.99 Å². The van der Waals surface area contributed by atoms with Gasteiger partial charge in [0.05, 0.1) is 6.54 Å². The fourth-order valence-corrected chi connectivity index (χ4v) is 2.41. The van der Waals surface area contributed by atoms with Crippen LogP contribution in [0.3, 0.4) is 0 Å². The van der Waals surface area contributed by atoms with Crippen LogP contribution in [-0.2, 0) is 6.42 Å². The summed E-state index contributed by atoms with van der Waals surface area (Å²) in [5.41, 5.74) is 1.77. The summed E-state index contributed by atoms with van der Waals surface area (Å²) in [4.78, 5) is 15.9. The van der Waals surface area contributed by atoms with Crippen LogP contribution < -0.4 is 20.7 Å². The number of carbonyl (C=O) groups excluding carboxylic acids is 1. The van der Waals surface area contributed by atoms with Gasteiger partial charge < -0.3 is 20.7 Å². The van der Waals surface area contributed by atoms with Gasteiger partial charge in [-0.25, -0.2) is 0 Å². The van der Waals surface area contributed by atoms with Gasteiger partial charge in [0.25, 0.3) is 5.91 Å². The number of para-hydroxylation sites is 1. The van der Waals surface area contributed by atoms with Gasteiger partial charge in [0.15, 0.2) is 5.96 Å². The Morgan fingerprint density at radius 1 is 1.04 bits per heavy atom. The zero-order valence-electron chi connectivity index (χ0n) is 15.7. The number of aliphatic imine (C=N–C) groups is 1. The molecule has 2 aromatic carbocycles. The minimum Gasteiger partial charge on any atom is -0.492 e. The van der Waals surface area contributed by atoms with E-state index < -0.39 is 0 Å². The number of amides is 1. The fourth-order valence-electron chi connectivity index (χ4n) is 2.41. The van der Waals surface area contributed by atoms with E-state index in [1.54, 1.807) is 14.1 Å². The highest BCUT2D eigenvalue weighted by Crippen LogP contribution is 2.07. The Morgan fingerprint density at radius 3 is 2.48 bits per heavy atom. The zero-order valence-corrected chi connectivity index (χ0v) is 18.0. The first-order valence-corrected chi connectivity index (χ1v) is 8.66. The van der Waals surface area contributed by atoms with Crippen molar-refractivity contribution in [3.63, 3.8) is 0 Å². The van der Waals surface area contributed by atoms with E-state index in [4.69, 9.17) is 4.74 Å². The number of hydrogen-bond donors (Lipinski definition) is 3. The summed E-state index contributed by atoms with van der Waals surface area (Å²) in [5.74, 6) is 1.51. The third-order valence-electron chi connectivity index (χ3n) is 3.75. The lowest BCUT2D eigenvalue weighted by molar-refractivity contribution is 0.0963. The van der Waals surface area contributed by atoms with Crippen molar-refractivity contribution in [1.82, 2.24) is 16.0 Å². The molecule has 0 saturated heterocycles. The molecule has 0 aliphatic rings. The summed E-state index contributed by atoms with van der Waals surface area (Å²) >= 11 is 0. The minimum atomic E-state index is -0.0734. The summed E-state index contributed by atoms with van der Waals surface area (Å²) in [5, 5.41) is 9.11. The zero-order chi connectivity index (χ0) is 18.6. The Balaban J connectivity index is 0.00000364. The molecule has 6 nitrogen and oxygen atoms in total. The van der Waals surface area contributed by atoms with Crippen LogP contribution in [-0.4, -0.2) is 45.7 Å². The van der Waals surface area contributed by atoms with E-state index in [-0.39, 0.29) is 29.9 Å². The summed E-state index contributed by atoms with van der Waals surface area (Å²) in [6.07, 6.45) is 0.798. The minimum absolute atomic E-state index is 0. The molecule has 0 spiro atoms. The molecular weight excluding hydrogens is 455 g/mol. The van der Waals surface area contributed by atoms with E-state index in [1.807, 2.05) is 54.6 Å². The van der Waals surface area contributed by atoms with E-state index in [0.717, 1.165) is 30.2 Å². The van der Waals surface area contributed by atoms with Crippen molar-refractivity contribution in [2.75, 3.05) is 33.8 Å². The third-order valence-corrected chi connectivity index (χ3v) is 3.75. The van der Waals surface area contributed by atoms with Crippen molar-refractivity contribution in [2.45, 2.75) is 6.42 Å². The predicted octanol–water partition coefficient (Wildman–Crippen LogP) is 2.45. The van der Waals surface area contributed by atoms with Crippen molar-refractivity contribution in [3.05, 3.63) is 65.7 Å². The number of halogens is 1. The van der Waals surface area contributed by atoms with Crippen LogP contribution in [0.1, 0.15) is 15.9 Å². The molecule has 146 valence electrons. The van der Waals surface area contributed by atoms with E-state index in [9.17, 15) is 4.79 Å². The molecule has 0 aromatic heterocycles. The first-order valence-electron chi connectivity index (χ1n) is 8.66. The fraction of sp³-hybridized carbons (Fsp3) is 0.300. The summed E-state index contributed by atoms with van der Waals surface area (Å²) in [6, 6.07) is 17.3. The molecule has 7 heteroatoms. The SMILES string of the molecule is CN=C(NCCOc1ccccc1)NCCc1cccc(C(=O)NC)c1.I. The van der Waals surface area contributed by atoms with E-state index in [2.05, 4.69) is 20.9 Å². The summed E-state index contributed by atoms with van der Waals surface area (Å²) in [6.45, 7) is 1.93. The summed E-state index contributed by atoms with van der Waals surface area (Å²) in [7, 11) is 3.37. The Morgan fingerprint density at radius 2 is 1.78 bits per heavy atom. The Hall–Kier alpha value is -2.29. The first-order chi connectivity index (χ1) is 12.7. The standard InChI is InChI=1S/C20H26N4O2.HI/c1-21-19(25)17-8-6-7-16(15-17)11-12-23-20(22-2)24-13-14-26-18-9-4-3-5-10-18;/h3-10,15H,11-14H2,1-2H3,(H,21,25)(H2,22,23,24);1H. The molecular formula is C20H27IN4O2. The number of rotatable bonds is 8. The number of nitrogens with zero attached hydrogens (tertiary/aromatic N) is 1. The largest absolute Gasteiger partial charge is 0.492 e. The van der Waals surface area contributed by atoms with Crippen LogP contribution in [0.5, 0.6) is 5.75 Å². The summed E-state index contributed by atoms with van der Waals surface area (Å²) < 4.78 is 5.64. The Kier molecular flexibility index (Phi) is 10.9. The molecule has 0 bridgehead atoms. The van der Waals surface area contributed by atoms with Crippen LogP contribution in [0.25, 0.3) is 0 Å². The number of nitrogens with one attached hydrogen (secondary N) is 3. The van der Waals surface area contributed by atoms with Gasteiger partial charge in [0.1, 0.15) is 12.4 Å². The average Bonchev–Trinajstić information content (AvgIpc) is 2.70. The van der Waals surface area contributed by atoms with Gasteiger partial charge in [-0.2, -0.15) is 0 Å². The van der Waals surface area contributed by atoms with Crippen LogP contribution in [0, 0.1) is 0 Å². The molecule has 0 aliphatic heterocycles. The van der Waals surface area contributed by atoms with Gasteiger partial charge in [0, 0.05) is 26.2 Å². The smallest absolute Gasteiger partial charge is 0.251 e. The Bertz CT molecular complexity index is 723. The second kappa shape index (κ2) is 13.0. The van der Waals surface area contributed by atoms with E-state index in [0.29, 0.717) is 18.7 Å². The first kappa shape index (κ1) is 22.8. The number of guanidine groups is 1. The molecule has 2 aromatic rings. The molecule has 0 heterocycles. The highest BCUT2D eigenvalue weighted by molar-refractivity contribution is 14.0. The van der Waals surface area contributed by atoms with E-state index >= 15 is 0 Å². The van der Waals surface area contributed by atoms with E-state index in [1.165, 1.54) is 0 Å². The number of carbonyl (C=O) groups is 1. The van der Waals surface area contributed by atoms with Gasteiger partial charge in [-0.3, -0.25) is 9.79 Å². The molecule has 0 aliphatic carbocycles. The van der Waals surface area contributed by atoms with Crippen molar-refractivity contribution in [1.29, 1.82) is 0 Å². The van der Waals surface area contributed by atoms with Gasteiger partial charge in [-0.1, -0.05) is 30.3 Å². The van der Waals surface area contributed by atoms with Crippen molar-refractivity contribution in [3.8, 4) is 5.75 Å². The topological polar surface area (TPSA) is 74.8 Å². The molecule has 0 unspecified atom stereocenters. The maximum Gasteiger partial charge on any atom is 0.251 e. The lowest BCUT2D eigenvalue weighted by Crippen LogP contribution is -2.40. The molecule has 0 radical (unpaired) electrons. The van der Waals surface area contributed by atoms with Crippen LogP contribution in [0.4, 0.5) is 0 Å². The maximum atomic E-state index is 11.7. The number of ether oxygens (including phenoxy) is 1. The molecule has 0 fully saturated rings. The maximum absolute atomic E-state index is 11.7. The van der Waals surface area contributed by atoms with Gasteiger partial charge in [0.2, 0.25) is 0 Å². The van der Waals surface area contributed by atoms with Crippen LogP contribution >= 0.6 is 24.0 Å². The van der Waals surface area contributed by atoms with Gasteiger partial charge in [-0.15, -0.1) is 24.0 Å². The second-order valence-electron chi connectivity index (χ2n) is 5.62. The molecule has 2 rings (SSSR count). The van der Waals surface area contributed by atoms with Gasteiger partial charge in [-0.05, 0) is 36.2 Å². The van der Waals surface area contributed by atoms with Crippen LogP contribution in [0.15, 0.2) is 59.6 Å².